The molecule has 3 rings (SSSR count). The van der Waals surface area contributed by atoms with E-state index in [2.05, 4.69) is 6.07 Å². The molecule has 2 aromatic carbocycles. The van der Waals surface area contributed by atoms with Crippen LogP contribution in [0.15, 0.2) is 42.5 Å². The standard InChI is InChI=1S/C16H14O3/c1-18-16(17)13-7-5-11(6-8-13)14-4-2-3-12-9-10-19-15(12)14/h2-8H,9-10H2,1H3. The molecule has 3 nitrogen and oxygen atoms in total. The van der Waals surface area contributed by atoms with Gasteiger partial charge in [0.1, 0.15) is 5.75 Å². The molecule has 3 heteroatoms. The number of carbonyl (C=O) groups excluding carboxylic acids is 1. The molecular weight excluding hydrogens is 240 g/mol. The van der Waals surface area contributed by atoms with E-state index in [4.69, 9.17) is 9.47 Å². The van der Waals surface area contributed by atoms with Crippen LogP contribution in [-0.2, 0) is 11.2 Å². The van der Waals surface area contributed by atoms with Gasteiger partial charge in [-0.15, -0.1) is 0 Å². The third-order valence-corrected chi connectivity index (χ3v) is 3.33. The summed E-state index contributed by atoms with van der Waals surface area (Å²) in [5, 5.41) is 0. The van der Waals surface area contributed by atoms with Gasteiger partial charge in [-0.3, -0.25) is 0 Å². The number of benzene rings is 2. The molecule has 0 N–H and O–H groups in total. The molecule has 0 radical (unpaired) electrons. The molecule has 0 atom stereocenters. The molecule has 1 aliphatic rings. The van der Waals surface area contributed by atoms with Gasteiger partial charge in [-0.25, -0.2) is 4.79 Å². The summed E-state index contributed by atoms with van der Waals surface area (Å²) >= 11 is 0. The van der Waals surface area contributed by atoms with E-state index < -0.39 is 0 Å². The Morgan fingerprint density at radius 3 is 2.68 bits per heavy atom. The zero-order valence-electron chi connectivity index (χ0n) is 10.7. The lowest BCUT2D eigenvalue weighted by Gasteiger charge is -2.08. The molecule has 19 heavy (non-hydrogen) atoms. The Hall–Kier alpha value is -2.29. The Labute approximate surface area is 111 Å². The maximum atomic E-state index is 11.4. The molecule has 2 aromatic rings. The van der Waals surface area contributed by atoms with Gasteiger partial charge in [-0.05, 0) is 23.3 Å². The monoisotopic (exact) mass is 254 g/mol. The second-order valence-electron chi connectivity index (χ2n) is 4.46. The summed E-state index contributed by atoms with van der Waals surface area (Å²) < 4.78 is 10.4. The molecule has 0 fully saturated rings. The zero-order valence-corrected chi connectivity index (χ0v) is 10.7. The number of carbonyl (C=O) groups is 1. The van der Waals surface area contributed by atoms with Crippen molar-refractivity contribution in [3.05, 3.63) is 53.6 Å². The van der Waals surface area contributed by atoms with Gasteiger partial charge >= 0.3 is 5.97 Å². The summed E-state index contributed by atoms with van der Waals surface area (Å²) in [6, 6.07) is 13.6. The molecule has 1 heterocycles. The normalized spacial score (nSPS) is 12.7. The fourth-order valence-corrected chi connectivity index (χ4v) is 2.35. The number of hydrogen-bond acceptors (Lipinski definition) is 3. The first-order valence-corrected chi connectivity index (χ1v) is 6.23. The van der Waals surface area contributed by atoms with E-state index in [1.54, 1.807) is 12.1 Å². The van der Waals surface area contributed by atoms with Gasteiger partial charge in [0, 0.05) is 12.0 Å². The van der Waals surface area contributed by atoms with Gasteiger partial charge in [0.15, 0.2) is 0 Å². The second-order valence-corrected chi connectivity index (χ2v) is 4.46. The predicted molar refractivity (Wildman–Crippen MR) is 72.4 cm³/mol. The van der Waals surface area contributed by atoms with Gasteiger partial charge in [0.05, 0.1) is 19.3 Å². The molecule has 0 bridgehead atoms. The van der Waals surface area contributed by atoms with E-state index in [0.29, 0.717) is 5.56 Å². The van der Waals surface area contributed by atoms with Crippen molar-refractivity contribution in [3.63, 3.8) is 0 Å². The van der Waals surface area contributed by atoms with Crippen LogP contribution in [0.4, 0.5) is 0 Å². The first-order chi connectivity index (χ1) is 9.29. The molecule has 0 aliphatic carbocycles. The number of rotatable bonds is 2. The average molecular weight is 254 g/mol. The summed E-state index contributed by atoms with van der Waals surface area (Å²) in [6.07, 6.45) is 0.962. The average Bonchev–Trinajstić information content (AvgIpc) is 2.95. The first-order valence-electron chi connectivity index (χ1n) is 6.23. The van der Waals surface area contributed by atoms with Crippen LogP contribution in [0.2, 0.25) is 0 Å². The second kappa shape index (κ2) is 4.76. The highest BCUT2D eigenvalue weighted by atomic mass is 16.5. The Morgan fingerprint density at radius 1 is 1.16 bits per heavy atom. The fraction of sp³-hybridized carbons (Fsp3) is 0.188. The lowest BCUT2D eigenvalue weighted by molar-refractivity contribution is 0.0601. The smallest absolute Gasteiger partial charge is 0.337 e. The lowest BCUT2D eigenvalue weighted by Crippen LogP contribution is -2.00. The predicted octanol–water partition coefficient (Wildman–Crippen LogP) is 3.08. The maximum Gasteiger partial charge on any atom is 0.337 e. The van der Waals surface area contributed by atoms with Crippen LogP contribution < -0.4 is 4.74 Å². The Morgan fingerprint density at radius 2 is 1.95 bits per heavy atom. The number of para-hydroxylation sites is 1. The summed E-state index contributed by atoms with van der Waals surface area (Å²) in [4.78, 5) is 11.4. The molecule has 0 saturated carbocycles. The van der Waals surface area contributed by atoms with Crippen LogP contribution in [0.5, 0.6) is 5.75 Å². The van der Waals surface area contributed by atoms with Crippen molar-refractivity contribution in [2.24, 2.45) is 0 Å². The highest BCUT2D eigenvalue weighted by Gasteiger charge is 2.17. The Balaban J connectivity index is 1.99. The quantitative estimate of drug-likeness (QED) is 0.773. The molecule has 0 saturated heterocycles. The zero-order chi connectivity index (χ0) is 13.2. The number of esters is 1. The van der Waals surface area contributed by atoms with E-state index >= 15 is 0 Å². The van der Waals surface area contributed by atoms with Crippen molar-refractivity contribution in [1.29, 1.82) is 0 Å². The Kier molecular flexibility index (Phi) is 2.95. The number of ether oxygens (including phenoxy) is 2. The van der Waals surface area contributed by atoms with Crippen molar-refractivity contribution in [2.75, 3.05) is 13.7 Å². The summed E-state index contributed by atoms with van der Waals surface area (Å²) in [5.74, 6) is 0.648. The molecule has 0 aromatic heterocycles. The third kappa shape index (κ3) is 2.08. The summed E-state index contributed by atoms with van der Waals surface area (Å²) in [5.41, 5.74) is 3.92. The minimum atomic E-state index is -0.318. The van der Waals surface area contributed by atoms with Crippen LogP contribution in [-0.4, -0.2) is 19.7 Å². The number of methoxy groups -OCH3 is 1. The fourth-order valence-electron chi connectivity index (χ4n) is 2.35. The Bertz CT molecular complexity index is 614. The molecule has 0 unspecified atom stereocenters. The minimum Gasteiger partial charge on any atom is -0.492 e. The largest absolute Gasteiger partial charge is 0.492 e. The van der Waals surface area contributed by atoms with Crippen molar-refractivity contribution in [2.45, 2.75) is 6.42 Å². The highest BCUT2D eigenvalue weighted by molar-refractivity contribution is 5.90. The molecule has 0 amide bonds. The SMILES string of the molecule is COC(=O)c1ccc(-c2cccc3c2OCC3)cc1. The molecule has 96 valence electrons. The van der Waals surface area contributed by atoms with Crippen molar-refractivity contribution >= 4 is 5.97 Å². The van der Waals surface area contributed by atoms with E-state index in [-0.39, 0.29) is 5.97 Å². The van der Waals surface area contributed by atoms with Gasteiger partial charge in [-0.2, -0.15) is 0 Å². The van der Waals surface area contributed by atoms with Crippen LogP contribution in [0.3, 0.4) is 0 Å². The van der Waals surface area contributed by atoms with Crippen LogP contribution in [0, 0.1) is 0 Å². The molecule has 0 spiro atoms. The van der Waals surface area contributed by atoms with Crippen LogP contribution >= 0.6 is 0 Å². The number of hydrogen-bond donors (Lipinski definition) is 0. The summed E-state index contributed by atoms with van der Waals surface area (Å²) in [7, 11) is 1.38. The van der Waals surface area contributed by atoms with Crippen molar-refractivity contribution < 1.29 is 14.3 Å². The first kappa shape index (κ1) is 11.8. The van der Waals surface area contributed by atoms with Gasteiger partial charge in [0.2, 0.25) is 0 Å². The molecule has 1 aliphatic heterocycles. The third-order valence-electron chi connectivity index (χ3n) is 3.33. The lowest BCUT2D eigenvalue weighted by atomic mass is 10.0. The van der Waals surface area contributed by atoms with Gasteiger partial charge in [-0.1, -0.05) is 30.3 Å². The van der Waals surface area contributed by atoms with E-state index in [0.717, 1.165) is 29.9 Å². The molecular formula is C16H14O3. The minimum absolute atomic E-state index is 0.318. The van der Waals surface area contributed by atoms with Gasteiger partial charge in [0.25, 0.3) is 0 Å². The number of fused-ring (bicyclic) bond motifs is 1. The van der Waals surface area contributed by atoms with Crippen LogP contribution in [0.25, 0.3) is 11.1 Å². The van der Waals surface area contributed by atoms with E-state index in [1.165, 1.54) is 12.7 Å². The maximum absolute atomic E-state index is 11.4. The van der Waals surface area contributed by atoms with Crippen molar-refractivity contribution in [3.8, 4) is 16.9 Å². The topological polar surface area (TPSA) is 35.5 Å². The van der Waals surface area contributed by atoms with Crippen molar-refractivity contribution in [1.82, 2.24) is 0 Å². The summed E-state index contributed by atoms with van der Waals surface area (Å²) in [6.45, 7) is 0.743. The highest BCUT2D eigenvalue weighted by Crippen LogP contribution is 2.36. The van der Waals surface area contributed by atoms with E-state index in [9.17, 15) is 4.79 Å². The van der Waals surface area contributed by atoms with Crippen LogP contribution in [0.1, 0.15) is 15.9 Å². The van der Waals surface area contributed by atoms with Gasteiger partial charge < -0.3 is 9.47 Å². The van der Waals surface area contributed by atoms with E-state index in [1.807, 2.05) is 24.3 Å².